The Hall–Kier alpha value is -2.75. The number of hydrogen-bond donors (Lipinski definition) is 0. The molecule has 0 unspecified atom stereocenters. The van der Waals surface area contributed by atoms with Crippen molar-refractivity contribution in [3.8, 4) is 5.75 Å². The van der Waals surface area contributed by atoms with E-state index in [1.807, 2.05) is 25.1 Å². The zero-order valence-electron chi connectivity index (χ0n) is 11.3. The quantitative estimate of drug-likeness (QED) is 0.528. The van der Waals surface area contributed by atoms with Crippen LogP contribution in [0.1, 0.15) is 16.1 Å². The Labute approximate surface area is 121 Å². The third-order valence-corrected chi connectivity index (χ3v) is 3.09. The van der Waals surface area contributed by atoms with Crippen LogP contribution in [0.15, 0.2) is 54.6 Å². The van der Waals surface area contributed by atoms with E-state index < -0.39 is 11.8 Å². The van der Waals surface area contributed by atoms with Gasteiger partial charge in [0.15, 0.2) is 5.75 Å². The summed E-state index contributed by atoms with van der Waals surface area (Å²) in [6.07, 6.45) is 0. The molecule has 0 amide bonds. The lowest BCUT2D eigenvalue weighted by atomic mass is 10.2. The number of pyridine rings is 1. The molecule has 0 aliphatic carbocycles. The lowest BCUT2D eigenvalue weighted by Crippen LogP contribution is -2.09. The number of carbonyl (C=O) groups is 1. The van der Waals surface area contributed by atoms with E-state index in [0.717, 1.165) is 17.1 Å². The van der Waals surface area contributed by atoms with E-state index in [9.17, 15) is 9.18 Å². The largest absolute Gasteiger partial charge is 0.421 e. The summed E-state index contributed by atoms with van der Waals surface area (Å²) in [6.45, 7) is 1.87. The van der Waals surface area contributed by atoms with E-state index in [1.54, 1.807) is 12.1 Å². The standard InChI is InChI=1S/C17H12FNO2/c1-11-8-9-12-4-3-7-15(16(12)19-11)21-17(20)13-5-2-6-14(18)10-13/h2-10H,1H3. The monoisotopic (exact) mass is 281 g/mol. The molecule has 3 rings (SSSR count). The van der Waals surface area contributed by atoms with Gasteiger partial charge in [-0.2, -0.15) is 0 Å². The number of benzene rings is 2. The molecule has 1 heterocycles. The van der Waals surface area contributed by atoms with Crippen molar-refractivity contribution in [2.24, 2.45) is 0 Å². The maximum Gasteiger partial charge on any atom is 0.343 e. The summed E-state index contributed by atoms with van der Waals surface area (Å²) >= 11 is 0. The number of carbonyl (C=O) groups excluding carboxylic acids is 1. The maximum absolute atomic E-state index is 13.2. The number of aromatic nitrogens is 1. The van der Waals surface area contributed by atoms with Crippen molar-refractivity contribution in [3.63, 3.8) is 0 Å². The highest BCUT2D eigenvalue weighted by atomic mass is 19.1. The number of aryl methyl sites for hydroxylation is 1. The predicted octanol–water partition coefficient (Wildman–Crippen LogP) is 3.90. The van der Waals surface area contributed by atoms with E-state index >= 15 is 0 Å². The molecule has 3 nitrogen and oxygen atoms in total. The molecule has 0 bridgehead atoms. The Morgan fingerprint density at radius 1 is 1.10 bits per heavy atom. The van der Waals surface area contributed by atoms with Crippen LogP contribution in [0.5, 0.6) is 5.75 Å². The molecule has 0 saturated carbocycles. The van der Waals surface area contributed by atoms with Crippen molar-refractivity contribution in [1.82, 2.24) is 4.98 Å². The number of fused-ring (bicyclic) bond motifs is 1. The first kappa shape index (κ1) is 13.2. The molecule has 0 saturated heterocycles. The molecule has 0 fully saturated rings. The average Bonchev–Trinajstić information content (AvgIpc) is 2.48. The minimum absolute atomic E-state index is 0.166. The first-order valence-corrected chi connectivity index (χ1v) is 6.47. The molecule has 4 heteroatoms. The van der Waals surface area contributed by atoms with Gasteiger partial charge in [-0.15, -0.1) is 0 Å². The second kappa shape index (κ2) is 5.32. The van der Waals surface area contributed by atoms with Crippen LogP contribution in [-0.4, -0.2) is 11.0 Å². The highest BCUT2D eigenvalue weighted by Gasteiger charge is 2.12. The van der Waals surface area contributed by atoms with Crippen LogP contribution in [-0.2, 0) is 0 Å². The van der Waals surface area contributed by atoms with Crippen LogP contribution in [0.2, 0.25) is 0 Å². The van der Waals surface area contributed by atoms with Gasteiger partial charge < -0.3 is 4.74 Å². The first-order valence-electron chi connectivity index (χ1n) is 6.47. The summed E-state index contributed by atoms with van der Waals surface area (Å²) in [7, 11) is 0. The fourth-order valence-electron chi connectivity index (χ4n) is 2.07. The summed E-state index contributed by atoms with van der Waals surface area (Å²) in [5.74, 6) is -0.716. The third-order valence-electron chi connectivity index (χ3n) is 3.09. The Bertz CT molecular complexity index is 830. The molecule has 2 aromatic carbocycles. The summed E-state index contributed by atoms with van der Waals surface area (Å²) in [5.41, 5.74) is 1.61. The minimum Gasteiger partial charge on any atom is -0.421 e. The third kappa shape index (κ3) is 2.74. The second-order valence-electron chi connectivity index (χ2n) is 4.68. The molecule has 0 aliphatic rings. The number of halogens is 1. The zero-order chi connectivity index (χ0) is 14.8. The van der Waals surface area contributed by atoms with Gasteiger partial charge in [0.25, 0.3) is 0 Å². The van der Waals surface area contributed by atoms with E-state index in [2.05, 4.69) is 4.98 Å². The Kier molecular flexibility index (Phi) is 3.36. The van der Waals surface area contributed by atoms with E-state index in [0.29, 0.717) is 11.3 Å². The van der Waals surface area contributed by atoms with Crippen molar-refractivity contribution in [3.05, 3.63) is 71.7 Å². The fourth-order valence-corrected chi connectivity index (χ4v) is 2.07. The van der Waals surface area contributed by atoms with Gasteiger partial charge in [-0.05, 0) is 37.3 Å². The Balaban J connectivity index is 1.98. The molecular formula is C17H12FNO2. The summed E-state index contributed by atoms with van der Waals surface area (Å²) in [5, 5.41) is 0.880. The summed E-state index contributed by atoms with van der Waals surface area (Å²) in [6, 6.07) is 14.6. The Morgan fingerprint density at radius 3 is 2.71 bits per heavy atom. The van der Waals surface area contributed by atoms with Gasteiger partial charge in [0.05, 0.1) is 5.56 Å². The van der Waals surface area contributed by atoms with Crippen LogP contribution in [0, 0.1) is 12.7 Å². The van der Waals surface area contributed by atoms with Crippen molar-refractivity contribution >= 4 is 16.9 Å². The second-order valence-corrected chi connectivity index (χ2v) is 4.68. The van der Waals surface area contributed by atoms with E-state index in [-0.39, 0.29) is 5.56 Å². The normalized spacial score (nSPS) is 10.6. The van der Waals surface area contributed by atoms with Crippen LogP contribution < -0.4 is 4.74 Å². The van der Waals surface area contributed by atoms with Crippen LogP contribution in [0.3, 0.4) is 0 Å². The molecule has 0 atom stereocenters. The zero-order valence-corrected chi connectivity index (χ0v) is 11.3. The molecule has 0 radical (unpaired) electrons. The predicted molar refractivity (Wildman–Crippen MR) is 77.8 cm³/mol. The number of nitrogens with zero attached hydrogens (tertiary/aromatic N) is 1. The number of ether oxygens (including phenoxy) is 1. The number of hydrogen-bond acceptors (Lipinski definition) is 3. The number of esters is 1. The molecule has 3 aromatic rings. The van der Waals surface area contributed by atoms with Crippen molar-refractivity contribution in [2.75, 3.05) is 0 Å². The minimum atomic E-state index is -0.606. The van der Waals surface area contributed by atoms with Gasteiger partial charge >= 0.3 is 5.97 Å². The Morgan fingerprint density at radius 2 is 1.90 bits per heavy atom. The van der Waals surface area contributed by atoms with Gasteiger partial charge in [0, 0.05) is 11.1 Å². The van der Waals surface area contributed by atoms with Gasteiger partial charge in [0.2, 0.25) is 0 Å². The summed E-state index contributed by atoms with van der Waals surface area (Å²) < 4.78 is 18.5. The number of para-hydroxylation sites is 1. The van der Waals surface area contributed by atoms with Crippen LogP contribution in [0.25, 0.3) is 10.9 Å². The fraction of sp³-hybridized carbons (Fsp3) is 0.0588. The SMILES string of the molecule is Cc1ccc2cccc(OC(=O)c3cccc(F)c3)c2n1. The van der Waals surface area contributed by atoms with Gasteiger partial charge in [0.1, 0.15) is 11.3 Å². The molecule has 0 aliphatic heterocycles. The molecule has 0 N–H and O–H groups in total. The first-order chi connectivity index (χ1) is 10.1. The van der Waals surface area contributed by atoms with E-state index in [1.165, 1.54) is 18.2 Å². The topological polar surface area (TPSA) is 39.2 Å². The van der Waals surface area contributed by atoms with Gasteiger partial charge in [-0.1, -0.05) is 24.3 Å². The highest BCUT2D eigenvalue weighted by Crippen LogP contribution is 2.24. The smallest absolute Gasteiger partial charge is 0.343 e. The van der Waals surface area contributed by atoms with Crippen LogP contribution >= 0.6 is 0 Å². The lowest BCUT2D eigenvalue weighted by Gasteiger charge is -2.07. The van der Waals surface area contributed by atoms with Crippen molar-refractivity contribution < 1.29 is 13.9 Å². The molecular weight excluding hydrogens is 269 g/mol. The van der Waals surface area contributed by atoms with Crippen molar-refractivity contribution in [1.29, 1.82) is 0 Å². The molecule has 21 heavy (non-hydrogen) atoms. The average molecular weight is 281 g/mol. The highest BCUT2D eigenvalue weighted by molar-refractivity contribution is 5.94. The van der Waals surface area contributed by atoms with Crippen LogP contribution in [0.4, 0.5) is 4.39 Å². The molecule has 1 aromatic heterocycles. The molecule has 0 spiro atoms. The summed E-state index contributed by atoms with van der Waals surface area (Å²) in [4.78, 5) is 16.5. The lowest BCUT2D eigenvalue weighted by molar-refractivity contribution is 0.0736. The number of rotatable bonds is 2. The van der Waals surface area contributed by atoms with Crippen molar-refractivity contribution in [2.45, 2.75) is 6.92 Å². The van der Waals surface area contributed by atoms with E-state index in [4.69, 9.17) is 4.74 Å². The maximum atomic E-state index is 13.2. The van der Waals surface area contributed by atoms with Gasteiger partial charge in [-0.3, -0.25) is 0 Å². The molecule has 104 valence electrons. The van der Waals surface area contributed by atoms with Gasteiger partial charge in [-0.25, -0.2) is 14.2 Å².